The Kier molecular flexibility index (Phi) is 7.96. The summed E-state index contributed by atoms with van der Waals surface area (Å²) in [4.78, 5) is 0. The second-order valence-electron chi connectivity index (χ2n) is 14.8. The van der Waals surface area contributed by atoms with Crippen LogP contribution in [0.2, 0.25) is 0 Å². The Morgan fingerprint density at radius 1 is 0.368 bits per heavy atom. The Morgan fingerprint density at radius 2 is 0.912 bits per heavy atom. The Bertz CT molecular complexity index is 3210. The lowest BCUT2D eigenvalue weighted by Crippen LogP contribution is -2.00. The maximum atomic E-state index is 6.51. The number of ether oxygens (including phenoxy) is 1. The molecule has 1 aliphatic rings. The summed E-state index contributed by atoms with van der Waals surface area (Å²) in [6.45, 7) is 0.489. The lowest BCUT2D eigenvalue weighted by Gasteiger charge is -2.18. The van der Waals surface area contributed by atoms with Crippen LogP contribution in [0.5, 0.6) is 5.75 Å². The summed E-state index contributed by atoms with van der Waals surface area (Å²) in [7, 11) is 0. The minimum Gasteiger partial charge on any atom is -0.489 e. The van der Waals surface area contributed by atoms with Gasteiger partial charge in [0, 0.05) is 38.5 Å². The van der Waals surface area contributed by atoms with Crippen molar-refractivity contribution in [2.24, 2.45) is 0 Å². The molecule has 11 rings (SSSR count). The van der Waals surface area contributed by atoms with E-state index in [9.17, 15) is 0 Å². The van der Waals surface area contributed by atoms with Gasteiger partial charge in [0.25, 0.3) is 0 Å². The first-order valence-electron chi connectivity index (χ1n) is 19.7. The van der Waals surface area contributed by atoms with Crippen LogP contribution in [0, 0.1) is 0 Å². The predicted molar refractivity (Wildman–Crippen MR) is 239 cm³/mol. The van der Waals surface area contributed by atoms with Gasteiger partial charge in [-0.05, 0) is 113 Å². The van der Waals surface area contributed by atoms with Gasteiger partial charge >= 0.3 is 0 Å². The molecule has 0 radical (unpaired) electrons. The number of para-hydroxylation sites is 3. The molecule has 0 bridgehead atoms. The molecule has 3 nitrogen and oxygen atoms in total. The first kappa shape index (κ1) is 33.0. The quantitative estimate of drug-likeness (QED) is 0.177. The molecule has 0 amide bonds. The third-order valence-corrected chi connectivity index (χ3v) is 11.5. The van der Waals surface area contributed by atoms with Gasteiger partial charge in [0.15, 0.2) is 0 Å². The highest BCUT2D eigenvalue weighted by molar-refractivity contribution is 6.12. The molecule has 3 heteroatoms. The van der Waals surface area contributed by atoms with E-state index >= 15 is 0 Å². The average Bonchev–Trinajstić information content (AvgIpc) is 3.79. The van der Waals surface area contributed by atoms with Gasteiger partial charge in [0.05, 0.1) is 22.1 Å². The lowest BCUT2D eigenvalue weighted by molar-refractivity contribution is 0.364. The highest BCUT2D eigenvalue weighted by atomic mass is 16.5. The second-order valence-corrected chi connectivity index (χ2v) is 14.8. The molecule has 2 aromatic heterocycles. The van der Waals surface area contributed by atoms with Crippen molar-refractivity contribution in [3.8, 4) is 50.5 Å². The SMILES string of the molecule is C1=C\COc2ccc(-n3c4ccccc4c4cc(-c5ccc6c(c5)c5ccccc5n6-c5ccccc5)ccc43)cc2-c2ccccc2-c2ccccc2C\C=C/1. The van der Waals surface area contributed by atoms with Crippen LogP contribution < -0.4 is 4.74 Å². The normalized spacial score (nSPS) is 13.9. The summed E-state index contributed by atoms with van der Waals surface area (Å²) < 4.78 is 11.3. The van der Waals surface area contributed by atoms with Crippen LogP contribution in [0.1, 0.15) is 5.56 Å². The summed E-state index contributed by atoms with van der Waals surface area (Å²) in [6, 6.07) is 66.2. The van der Waals surface area contributed by atoms with E-state index in [0.29, 0.717) is 6.61 Å². The molecule has 0 spiro atoms. The average molecular weight is 731 g/mol. The maximum absolute atomic E-state index is 6.51. The zero-order chi connectivity index (χ0) is 37.7. The highest BCUT2D eigenvalue weighted by Crippen LogP contribution is 2.43. The molecular weight excluding hydrogens is 693 g/mol. The van der Waals surface area contributed by atoms with Gasteiger partial charge in [-0.25, -0.2) is 0 Å². The summed E-state index contributed by atoms with van der Waals surface area (Å²) in [5, 5.41) is 4.95. The van der Waals surface area contributed by atoms with Crippen molar-refractivity contribution >= 4 is 43.6 Å². The van der Waals surface area contributed by atoms with Gasteiger partial charge in [-0.1, -0.05) is 133 Å². The molecule has 0 atom stereocenters. The van der Waals surface area contributed by atoms with Crippen molar-refractivity contribution in [2.75, 3.05) is 6.61 Å². The zero-order valence-corrected chi connectivity index (χ0v) is 31.3. The molecule has 10 aromatic rings. The number of allylic oxidation sites excluding steroid dienone is 3. The van der Waals surface area contributed by atoms with Crippen LogP contribution in [0.15, 0.2) is 206 Å². The minimum absolute atomic E-state index is 0.489. The standard InChI is InChI=1S/C54H38N2O/c1-2-15-33-57-54-32-29-41(36-49(54)44-22-10-9-21-43(44)42-20-8-7-17-37(42)16-4-1)56-51-26-14-12-24-46(51)48-35-39(28-31-53(48)56)38-27-30-52-47(34-38)45-23-11-13-25-50(45)55(52)40-18-5-3-6-19-40/h1-15,17-32,34-36H,16,33H2/b4-1-,15-2-. The van der Waals surface area contributed by atoms with Crippen molar-refractivity contribution in [2.45, 2.75) is 6.42 Å². The van der Waals surface area contributed by atoms with E-state index in [-0.39, 0.29) is 0 Å². The number of hydrogen-bond donors (Lipinski definition) is 0. The number of benzene rings is 8. The number of rotatable bonds is 3. The van der Waals surface area contributed by atoms with Gasteiger partial charge in [-0.2, -0.15) is 0 Å². The summed E-state index contributed by atoms with van der Waals surface area (Å²) in [5.74, 6) is 0.864. The molecule has 57 heavy (non-hydrogen) atoms. The Hall–Kier alpha value is -7.36. The minimum atomic E-state index is 0.489. The van der Waals surface area contributed by atoms with E-state index in [1.165, 1.54) is 77.1 Å². The third kappa shape index (κ3) is 5.58. The second kappa shape index (κ2) is 13.7. The molecule has 3 heterocycles. The van der Waals surface area contributed by atoms with E-state index in [1.807, 2.05) is 0 Å². The van der Waals surface area contributed by atoms with Crippen molar-refractivity contribution in [1.29, 1.82) is 0 Å². The zero-order valence-electron chi connectivity index (χ0n) is 31.3. The summed E-state index contributed by atoms with van der Waals surface area (Å²) >= 11 is 0. The molecular formula is C54H38N2O. The fourth-order valence-corrected chi connectivity index (χ4v) is 8.89. The lowest BCUT2D eigenvalue weighted by atomic mass is 9.90. The number of fused-ring (bicyclic) bond motifs is 11. The van der Waals surface area contributed by atoms with Gasteiger partial charge in [0.1, 0.15) is 12.4 Å². The maximum Gasteiger partial charge on any atom is 0.127 e. The molecule has 270 valence electrons. The molecule has 0 aliphatic carbocycles. The molecule has 0 fully saturated rings. The number of hydrogen-bond acceptors (Lipinski definition) is 1. The van der Waals surface area contributed by atoms with Crippen LogP contribution in [-0.2, 0) is 6.42 Å². The Labute approximate surface area is 331 Å². The first-order chi connectivity index (χ1) is 28.3. The molecule has 0 saturated carbocycles. The van der Waals surface area contributed by atoms with E-state index in [2.05, 4.69) is 215 Å². The van der Waals surface area contributed by atoms with Crippen molar-refractivity contribution in [3.63, 3.8) is 0 Å². The smallest absolute Gasteiger partial charge is 0.127 e. The molecule has 0 unspecified atom stereocenters. The van der Waals surface area contributed by atoms with Crippen LogP contribution in [0.3, 0.4) is 0 Å². The van der Waals surface area contributed by atoms with Crippen molar-refractivity contribution in [3.05, 3.63) is 212 Å². The van der Waals surface area contributed by atoms with E-state index < -0.39 is 0 Å². The molecule has 0 saturated heterocycles. The third-order valence-electron chi connectivity index (χ3n) is 11.5. The molecule has 1 aliphatic heterocycles. The topological polar surface area (TPSA) is 19.1 Å². The largest absolute Gasteiger partial charge is 0.489 e. The molecule has 8 aromatic carbocycles. The molecule has 0 N–H and O–H groups in total. The van der Waals surface area contributed by atoms with E-state index in [0.717, 1.165) is 29.0 Å². The fraction of sp³-hybridized carbons (Fsp3) is 0.0370. The van der Waals surface area contributed by atoms with Gasteiger partial charge < -0.3 is 13.9 Å². The highest BCUT2D eigenvalue weighted by Gasteiger charge is 2.19. The van der Waals surface area contributed by atoms with Crippen LogP contribution in [0.25, 0.3) is 88.4 Å². The van der Waals surface area contributed by atoms with Gasteiger partial charge in [-0.3, -0.25) is 0 Å². The van der Waals surface area contributed by atoms with Gasteiger partial charge in [-0.15, -0.1) is 0 Å². The van der Waals surface area contributed by atoms with Crippen molar-refractivity contribution < 1.29 is 4.74 Å². The summed E-state index contributed by atoms with van der Waals surface area (Å²) in [6.07, 6.45) is 9.35. The fourth-order valence-electron chi connectivity index (χ4n) is 8.89. The van der Waals surface area contributed by atoms with Crippen LogP contribution in [0.4, 0.5) is 0 Å². The summed E-state index contributed by atoms with van der Waals surface area (Å²) in [5.41, 5.74) is 15.4. The van der Waals surface area contributed by atoms with Crippen LogP contribution >= 0.6 is 0 Å². The number of aromatic nitrogens is 2. The predicted octanol–water partition coefficient (Wildman–Crippen LogP) is 13.9. The van der Waals surface area contributed by atoms with Crippen molar-refractivity contribution in [1.82, 2.24) is 9.13 Å². The monoisotopic (exact) mass is 730 g/mol. The number of nitrogens with zero attached hydrogens (tertiary/aromatic N) is 2. The van der Waals surface area contributed by atoms with Crippen LogP contribution in [-0.4, -0.2) is 15.7 Å². The van der Waals surface area contributed by atoms with E-state index in [1.54, 1.807) is 0 Å². The van der Waals surface area contributed by atoms with E-state index in [4.69, 9.17) is 4.74 Å². The van der Waals surface area contributed by atoms with Gasteiger partial charge in [0.2, 0.25) is 0 Å². The Balaban J connectivity index is 1.08. The first-order valence-corrected chi connectivity index (χ1v) is 19.7. The Morgan fingerprint density at radius 3 is 1.61 bits per heavy atom.